The maximum Gasteiger partial charge on any atom is 0.303 e. The number of fused-ring (bicyclic) bond motifs is 1. The number of esters is 5. The van der Waals surface area contributed by atoms with E-state index in [0.29, 0.717) is 0 Å². The van der Waals surface area contributed by atoms with Crippen molar-refractivity contribution in [2.24, 2.45) is 17.8 Å². The van der Waals surface area contributed by atoms with Crippen LogP contribution in [0.1, 0.15) is 54.4 Å². The highest BCUT2D eigenvalue weighted by atomic mass is 16.8. The molecular weight excluding hydrogens is 520 g/mol. The number of rotatable bonds is 9. The minimum atomic E-state index is -1.35. The Kier molecular flexibility index (Phi) is 10.3. The van der Waals surface area contributed by atoms with Gasteiger partial charge in [0, 0.05) is 46.1 Å². The van der Waals surface area contributed by atoms with E-state index in [4.69, 9.17) is 37.9 Å². The van der Waals surface area contributed by atoms with Crippen LogP contribution in [-0.4, -0.2) is 80.1 Å². The summed E-state index contributed by atoms with van der Waals surface area (Å²) >= 11 is 0. The first-order valence-corrected chi connectivity index (χ1v) is 12.8. The molecule has 3 rings (SSSR count). The van der Waals surface area contributed by atoms with Gasteiger partial charge in [0.15, 0.2) is 18.3 Å². The Morgan fingerprint density at radius 1 is 0.769 bits per heavy atom. The Bertz CT molecular complexity index is 975. The molecule has 0 radical (unpaired) electrons. The second-order valence-electron chi connectivity index (χ2n) is 9.92. The maximum atomic E-state index is 12.1. The molecule has 0 amide bonds. The van der Waals surface area contributed by atoms with Crippen LogP contribution in [0.15, 0.2) is 11.8 Å². The molecule has 1 saturated heterocycles. The summed E-state index contributed by atoms with van der Waals surface area (Å²) in [6, 6.07) is 0. The van der Waals surface area contributed by atoms with Crippen LogP contribution in [0.2, 0.25) is 0 Å². The fraction of sp³-hybridized carbons (Fsp3) is 0.731. The molecule has 0 aromatic carbocycles. The molecule has 218 valence electrons. The molecule has 39 heavy (non-hydrogen) atoms. The molecule has 2 heterocycles. The van der Waals surface area contributed by atoms with Crippen LogP contribution < -0.4 is 0 Å². The largest absolute Gasteiger partial charge is 0.472 e. The van der Waals surface area contributed by atoms with Crippen LogP contribution in [0.4, 0.5) is 0 Å². The van der Waals surface area contributed by atoms with Gasteiger partial charge >= 0.3 is 29.8 Å². The molecule has 3 aliphatic rings. The van der Waals surface area contributed by atoms with Gasteiger partial charge in [-0.05, 0) is 24.7 Å². The van der Waals surface area contributed by atoms with Gasteiger partial charge in [-0.3, -0.25) is 24.0 Å². The normalized spacial score (nSPS) is 33.5. The predicted molar refractivity (Wildman–Crippen MR) is 128 cm³/mol. The molecule has 0 aromatic rings. The summed E-state index contributed by atoms with van der Waals surface area (Å²) in [5.74, 6) is -3.21. The molecule has 0 N–H and O–H groups in total. The zero-order chi connectivity index (χ0) is 28.9. The van der Waals surface area contributed by atoms with Gasteiger partial charge in [0.25, 0.3) is 0 Å². The van der Waals surface area contributed by atoms with Crippen molar-refractivity contribution in [3.8, 4) is 0 Å². The highest BCUT2D eigenvalue weighted by Crippen LogP contribution is 2.47. The SMILES string of the molecule is CC(=O)OCC1=CO[C@H](O[C@@H]2O[C@H](COC(C)=O)[C@@H](OC(C)=O)[C@H](OC(C)=O)[C@H]2OC(C)=O)[C@@H]2[C@@H]1CC[C@@H]2C. The van der Waals surface area contributed by atoms with Gasteiger partial charge in [-0.25, -0.2) is 0 Å². The van der Waals surface area contributed by atoms with E-state index >= 15 is 0 Å². The molecule has 2 fully saturated rings. The average Bonchev–Trinajstić information content (AvgIpc) is 3.22. The highest BCUT2D eigenvalue weighted by Gasteiger charge is 2.55. The predicted octanol–water partition coefficient (Wildman–Crippen LogP) is 1.55. The molecule has 1 aliphatic carbocycles. The fourth-order valence-electron chi connectivity index (χ4n) is 5.33. The van der Waals surface area contributed by atoms with Gasteiger partial charge in [-0.2, -0.15) is 0 Å². The molecule has 9 atom stereocenters. The topological polar surface area (TPSA) is 159 Å². The third kappa shape index (κ3) is 7.91. The lowest BCUT2D eigenvalue weighted by molar-refractivity contribution is -0.345. The molecule has 0 aromatic heterocycles. The smallest absolute Gasteiger partial charge is 0.303 e. The van der Waals surface area contributed by atoms with Gasteiger partial charge in [-0.15, -0.1) is 0 Å². The highest BCUT2D eigenvalue weighted by molar-refractivity contribution is 5.69. The lowest BCUT2D eigenvalue weighted by Gasteiger charge is -2.46. The lowest BCUT2D eigenvalue weighted by Crippen LogP contribution is -2.63. The maximum absolute atomic E-state index is 12.1. The minimum Gasteiger partial charge on any atom is -0.472 e. The monoisotopic (exact) mass is 556 g/mol. The lowest BCUT2D eigenvalue weighted by atomic mass is 9.83. The average molecular weight is 557 g/mol. The summed E-state index contributed by atoms with van der Waals surface area (Å²) in [5, 5.41) is 0. The van der Waals surface area contributed by atoms with Gasteiger partial charge < -0.3 is 37.9 Å². The van der Waals surface area contributed by atoms with Gasteiger partial charge in [0.05, 0.1) is 6.26 Å². The quantitative estimate of drug-likeness (QED) is 0.298. The number of hydrogen-bond acceptors (Lipinski definition) is 13. The number of ether oxygens (including phenoxy) is 8. The van der Waals surface area contributed by atoms with Crippen LogP contribution in [0.3, 0.4) is 0 Å². The van der Waals surface area contributed by atoms with Crippen molar-refractivity contribution in [1.82, 2.24) is 0 Å². The van der Waals surface area contributed by atoms with E-state index in [9.17, 15) is 24.0 Å². The van der Waals surface area contributed by atoms with E-state index in [1.165, 1.54) is 20.1 Å². The van der Waals surface area contributed by atoms with E-state index in [-0.39, 0.29) is 31.0 Å². The van der Waals surface area contributed by atoms with E-state index < -0.39 is 66.8 Å². The zero-order valence-electron chi connectivity index (χ0n) is 22.9. The number of carbonyl (C=O) groups excluding carboxylic acids is 5. The summed E-state index contributed by atoms with van der Waals surface area (Å²) in [4.78, 5) is 58.9. The van der Waals surface area contributed by atoms with Crippen LogP contribution in [0.5, 0.6) is 0 Å². The van der Waals surface area contributed by atoms with Crippen molar-refractivity contribution in [1.29, 1.82) is 0 Å². The zero-order valence-corrected chi connectivity index (χ0v) is 22.9. The van der Waals surface area contributed by atoms with Crippen molar-refractivity contribution in [3.05, 3.63) is 11.8 Å². The van der Waals surface area contributed by atoms with Crippen LogP contribution in [-0.2, 0) is 61.9 Å². The molecule has 2 aliphatic heterocycles. The Morgan fingerprint density at radius 2 is 1.36 bits per heavy atom. The van der Waals surface area contributed by atoms with Gasteiger partial charge in [-0.1, -0.05) is 6.92 Å². The third-order valence-corrected chi connectivity index (χ3v) is 6.86. The van der Waals surface area contributed by atoms with E-state index in [2.05, 4.69) is 0 Å². The van der Waals surface area contributed by atoms with Crippen molar-refractivity contribution >= 4 is 29.8 Å². The molecule has 13 heteroatoms. The second kappa shape index (κ2) is 13.2. The van der Waals surface area contributed by atoms with Crippen molar-refractivity contribution in [3.63, 3.8) is 0 Å². The minimum absolute atomic E-state index is 0.00349. The first-order chi connectivity index (χ1) is 18.4. The summed E-state index contributed by atoms with van der Waals surface area (Å²) in [6.45, 7) is 7.75. The van der Waals surface area contributed by atoms with Gasteiger partial charge in [0.1, 0.15) is 19.3 Å². The van der Waals surface area contributed by atoms with Crippen molar-refractivity contribution in [2.45, 2.75) is 91.4 Å². The Morgan fingerprint density at radius 3 is 1.95 bits per heavy atom. The van der Waals surface area contributed by atoms with Gasteiger partial charge in [0.2, 0.25) is 12.6 Å². The first kappa shape index (κ1) is 30.4. The molecule has 0 spiro atoms. The summed E-state index contributed by atoms with van der Waals surface area (Å²) < 4.78 is 44.9. The number of carbonyl (C=O) groups is 5. The third-order valence-electron chi connectivity index (χ3n) is 6.86. The Hall–Kier alpha value is -3.19. The Balaban J connectivity index is 1.93. The van der Waals surface area contributed by atoms with Crippen LogP contribution in [0.25, 0.3) is 0 Å². The molecular formula is C26H36O13. The Labute approximate surface area is 226 Å². The van der Waals surface area contributed by atoms with E-state index in [0.717, 1.165) is 39.2 Å². The first-order valence-electron chi connectivity index (χ1n) is 12.8. The summed E-state index contributed by atoms with van der Waals surface area (Å²) in [5.41, 5.74) is 0.820. The van der Waals surface area contributed by atoms with Crippen LogP contribution >= 0.6 is 0 Å². The van der Waals surface area contributed by atoms with Crippen molar-refractivity contribution < 1.29 is 61.9 Å². The fourth-order valence-corrected chi connectivity index (χ4v) is 5.33. The van der Waals surface area contributed by atoms with E-state index in [1.807, 2.05) is 6.92 Å². The number of hydrogen-bond donors (Lipinski definition) is 0. The molecule has 0 unspecified atom stereocenters. The van der Waals surface area contributed by atoms with Crippen LogP contribution in [0, 0.1) is 17.8 Å². The summed E-state index contributed by atoms with van der Waals surface area (Å²) in [6.07, 6.45) is -4.14. The van der Waals surface area contributed by atoms with Crippen molar-refractivity contribution in [2.75, 3.05) is 13.2 Å². The molecule has 1 saturated carbocycles. The standard InChI is InChI=1S/C26H36O13/c1-12-7-8-19-18(9-32-13(2)27)10-34-25(21(12)19)39-26-24(37-17(6)31)23(36-16(5)30)22(35-15(4)29)20(38-26)11-33-14(3)28/h10,12,19-26H,7-9,11H2,1-6H3/t12-,19+,20+,21-,22+,23-,24+,25+,26-/m0/s1. The summed E-state index contributed by atoms with van der Waals surface area (Å²) in [7, 11) is 0. The molecule has 0 bridgehead atoms. The van der Waals surface area contributed by atoms with E-state index in [1.54, 1.807) is 0 Å². The molecule has 13 nitrogen and oxygen atoms in total. The second-order valence-corrected chi connectivity index (χ2v) is 9.92.